The van der Waals surface area contributed by atoms with Crippen molar-refractivity contribution in [1.82, 2.24) is 13.9 Å². The summed E-state index contributed by atoms with van der Waals surface area (Å²) in [6.45, 7) is 0.434. The van der Waals surface area contributed by atoms with E-state index in [1.165, 1.54) is 20.2 Å². The average molecular weight is 305 g/mol. The van der Waals surface area contributed by atoms with Gasteiger partial charge in [0.15, 0.2) is 0 Å². The van der Waals surface area contributed by atoms with Crippen LogP contribution in [0.4, 0.5) is 0 Å². The number of rotatable bonds is 4. The van der Waals surface area contributed by atoms with Gasteiger partial charge in [-0.3, -0.25) is 0 Å². The van der Waals surface area contributed by atoms with Crippen molar-refractivity contribution in [3.8, 4) is 0 Å². The maximum atomic E-state index is 12.0. The number of hydrogen-bond acceptors (Lipinski definition) is 4. The van der Waals surface area contributed by atoms with Gasteiger partial charge in [-0.2, -0.15) is 0 Å². The number of para-hydroxylation sites is 2. The van der Waals surface area contributed by atoms with Gasteiger partial charge in [0.1, 0.15) is 5.76 Å². The molecule has 110 valence electrons. The molecule has 0 bridgehead atoms. The van der Waals surface area contributed by atoms with Gasteiger partial charge < -0.3 is 8.98 Å². The van der Waals surface area contributed by atoms with E-state index in [0.29, 0.717) is 12.3 Å². The van der Waals surface area contributed by atoms with Gasteiger partial charge in [0.2, 0.25) is 5.09 Å². The van der Waals surface area contributed by atoms with Gasteiger partial charge in [0.05, 0.1) is 23.9 Å². The Bertz CT molecular complexity index is 878. The first-order valence-corrected chi connectivity index (χ1v) is 7.83. The second-order valence-corrected chi connectivity index (χ2v) is 6.95. The summed E-state index contributed by atoms with van der Waals surface area (Å²) in [7, 11) is -0.589. The van der Waals surface area contributed by atoms with E-state index in [-0.39, 0.29) is 5.09 Å². The van der Waals surface area contributed by atoms with Gasteiger partial charge in [-0.15, -0.1) is 0 Å². The molecule has 0 spiro atoms. The number of imidazole rings is 1. The Labute approximate surface area is 122 Å². The van der Waals surface area contributed by atoms with Crippen molar-refractivity contribution in [2.24, 2.45) is 0 Å². The first kappa shape index (κ1) is 13.8. The summed E-state index contributed by atoms with van der Waals surface area (Å²) in [6.07, 6.45) is 1.72. The molecule has 0 aliphatic carbocycles. The van der Waals surface area contributed by atoms with Crippen LogP contribution in [0.5, 0.6) is 0 Å². The topological polar surface area (TPSA) is 68.3 Å². The molecule has 2 heterocycles. The van der Waals surface area contributed by atoms with Crippen LogP contribution in [0.2, 0.25) is 0 Å². The molecule has 0 aliphatic heterocycles. The minimum absolute atomic E-state index is 0.0491. The lowest BCUT2D eigenvalue weighted by molar-refractivity contribution is 0.393. The van der Waals surface area contributed by atoms with E-state index in [4.69, 9.17) is 4.42 Å². The van der Waals surface area contributed by atoms with Crippen molar-refractivity contribution in [2.45, 2.75) is 11.6 Å². The summed E-state index contributed by atoms with van der Waals surface area (Å²) in [4.78, 5) is 4.29. The van der Waals surface area contributed by atoms with Crippen LogP contribution >= 0.6 is 0 Å². The third-order valence-electron chi connectivity index (χ3n) is 3.23. The number of aromatic nitrogens is 2. The molecule has 0 aliphatic rings. The predicted octanol–water partition coefficient (Wildman–Crippen LogP) is 1.93. The molecule has 0 amide bonds. The molecular weight excluding hydrogens is 290 g/mol. The molecule has 0 unspecified atom stereocenters. The first-order valence-electron chi connectivity index (χ1n) is 6.39. The highest BCUT2D eigenvalue weighted by Crippen LogP contribution is 2.19. The largest absolute Gasteiger partial charge is 0.446 e. The van der Waals surface area contributed by atoms with Crippen molar-refractivity contribution >= 4 is 21.1 Å². The Morgan fingerprint density at radius 3 is 2.71 bits per heavy atom. The van der Waals surface area contributed by atoms with Crippen LogP contribution in [0.25, 0.3) is 11.0 Å². The molecule has 3 aromatic rings. The second-order valence-electron chi connectivity index (χ2n) is 4.87. The highest BCUT2D eigenvalue weighted by molar-refractivity contribution is 7.88. The number of furan rings is 1. The normalized spacial score (nSPS) is 12.3. The van der Waals surface area contributed by atoms with Gasteiger partial charge >= 0.3 is 0 Å². The summed E-state index contributed by atoms with van der Waals surface area (Å²) in [5.74, 6) is 0.568. The van der Waals surface area contributed by atoms with Crippen molar-refractivity contribution in [2.75, 3.05) is 14.1 Å². The van der Waals surface area contributed by atoms with E-state index < -0.39 is 10.0 Å². The highest BCUT2D eigenvalue weighted by Gasteiger charge is 2.21. The lowest BCUT2D eigenvalue weighted by Crippen LogP contribution is -2.21. The number of hydrogen-bond donors (Lipinski definition) is 0. The molecule has 0 fully saturated rings. The predicted molar refractivity (Wildman–Crippen MR) is 78.4 cm³/mol. The maximum absolute atomic E-state index is 12.0. The Morgan fingerprint density at radius 2 is 1.95 bits per heavy atom. The van der Waals surface area contributed by atoms with Gasteiger partial charge in [0.25, 0.3) is 10.0 Å². The SMILES string of the molecule is CN(C)S(=O)(=O)c1ccc(Cn2cnc3ccccc32)o1. The smallest absolute Gasteiger partial charge is 0.275 e. The highest BCUT2D eigenvalue weighted by atomic mass is 32.2. The lowest BCUT2D eigenvalue weighted by Gasteiger charge is -2.08. The van der Waals surface area contributed by atoms with Crippen LogP contribution < -0.4 is 0 Å². The third-order valence-corrected chi connectivity index (χ3v) is 4.91. The number of fused-ring (bicyclic) bond motifs is 1. The summed E-state index contributed by atoms with van der Waals surface area (Å²) >= 11 is 0. The second kappa shape index (κ2) is 5.01. The standard InChI is InChI=1S/C14H15N3O3S/c1-16(2)21(18,19)14-8-7-11(20-14)9-17-10-15-12-5-3-4-6-13(12)17/h3-8,10H,9H2,1-2H3. The van der Waals surface area contributed by atoms with E-state index in [9.17, 15) is 8.42 Å². The van der Waals surface area contributed by atoms with Crippen LogP contribution in [0.15, 0.2) is 52.2 Å². The molecule has 7 heteroatoms. The molecule has 3 rings (SSSR count). The van der Waals surface area contributed by atoms with Crippen molar-refractivity contribution in [3.63, 3.8) is 0 Å². The van der Waals surface area contributed by atoms with Gasteiger partial charge in [-0.05, 0) is 24.3 Å². The summed E-state index contributed by atoms with van der Waals surface area (Å²) in [5, 5.41) is -0.0491. The molecule has 2 aromatic heterocycles. The molecule has 6 nitrogen and oxygen atoms in total. The Morgan fingerprint density at radius 1 is 1.19 bits per heavy atom. The fourth-order valence-electron chi connectivity index (χ4n) is 2.07. The quantitative estimate of drug-likeness (QED) is 0.738. The average Bonchev–Trinajstić information content (AvgIpc) is 3.07. The van der Waals surface area contributed by atoms with Gasteiger partial charge in [-0.1, -0.05) is 12.1 Å². The van der Waals surface area contributed by atoms with Crippen LogP contribution in [0.3, 0.4) is 0 Å². The fraction of sp³-hybridized carbons (Fsp3) is 0.214. The molecule has 21 heavy (non-hydrogen) atoms. The van der Waals surface area contributed by atoms with Gasteiger partial charge in [-0.25, -0.2) is 17.7 Å². The van der Waals surface area contributed by atoms with E-state index in [1.807, 2.05) is 28.8 Å². The number of nitrogens with zero attached hydrogens (tertiary/aromatic N) is 3. The Kier molecular flexibility index (Phi) is 3.30. The van der Waals surface area contributed by atoms with E-state index in [2.05, 4.69) is 4.98 Å². The fourth-order valence-corrected chi connectivity index (χ4v) is 2.88. The zero-order valence-corrected chi connectivity index (χ0v) is 12.5. The molecule has 0 radical (unpaired) electrons. The van der Waals surface area contributed by atoms with E-state index >= 15 is 0 Å². The summed E-state index contributed by atoms with van der Waals surface area (Å²) in [6, 6.07) is 10.9. The number of benzene rings is 1. The third kappa shape index (κ3) is 2.45. The van der Waals surface area contributed by atoms with E-state index in [1.54, 1.807) is 12.4 Å². The van der Waals surface area contributed by atoms with Gasteiger partial charge in [0, 0.05) is 14.1 Å². The van der Waals surface area contributed by atoms with Crippen LogP contribution in [0.1, 0.15) is 5.76 Å². The molecular formula is C14H15N3O3S. The van der Waals surface area contributed by atoms with Crippen LogP contribution in [-0.4, -0.2) is 36.4 Å². The zero-order valence-electron chi connectivity index (χ0n) is 11.7. The molecule has 1 aromatic carbocycles. The number of sulfonamides is 1. The molecule has 0 atom stereocenters. The molecule has 0 N–H and O–H groups in total. The Balaban J connectivity index is 1.92. The van der Waals surface area contributed by atoms with Crippen molar-refractivity contribution in [1.29, 1.82) is 0 Å². The van der Waals surface area contributed by atoms with Crippen LogP contribution in [-0.2, 0) is 16.6 Å². The zero-order chi connectivity index (χ0) is 15.0. The molecule has 0 saturated carbocycles. The van der Waals surface area contributed by atoms with E-state index in [0.717, 1.165) is 15.3 Å². The van der Waals surface area contributed by atoms with Crippen molar-refractivity contribution < 1.29 is 12.8 Å². The minimum Gasteiger partial charge on any atom is -0.446 e. The van der Waals surface area contributed by atoms with Crippen LogP contribution in [0, 0.1) is 0 Å². The first-order chi connectivity index (χ1) is 9.98. The van der Waals surface area contributed by atoms with Crippen molar-refractivity contribution in [3.05, 3.63) is 48.5 Å². The Hall–Kier alpha value is -2.12. The summed E-state index contributed by atoms with van der Waals surface area (Å²) < 4.78 is 32.4. The minimum atomic E-state index is -3.54. The lowest BCUT2D eigenvalue weighted by atomic mass is 10.3. The maximum Gasteiger partial charge on any atom is 0.275 e. The summed E-state index contributed by atoms with van der Waals surface area (Å²) in [5.41, 5.74) is 1.87. The monoisotopic (exact) mass is 305 g/mol. The molecule has 0 saturated heterocycles.